The molecule has 0 aliphatic carbocycles. The molecule has 0 saturated carbocycles. The van der Waals surface area contributed by atoms with Crippen molar-refractivity contribution in [2.45, 2.75) is 13.5 Å². The van der Waals surface area contributed by atoms with E-state index < -0.39 is 5.82 Å². The Hall–Kier alpha value is -1.68. The van der Waals surface area contributed by atoms with Crippen LogP contribution < -0.4 is 5.32 Å². The number of rotatable bonds is 3. The Morgan fingerprint density at radius 2 is 2.18 bits per heavy atom. The fourth-order valence-electron chi connectivity index (χ4n) is 1.40. The number of halogens is 2. The minimum absolute atomic E-state index is 0.105. The van der Waals surface area contributed by atoms with Gasteiger partial charge in [-0.05, 0) is 31.2 Å². The average molecular weight is 252 g/mol. The normalized spacial score (nSPS) is 10.3. The summed E-state index contributed by atoms with van der Waals surface area (Å²) in [6, 6.07) is 6.33. The van der Waals surface area contributed by atoms with Gasteiger partial charge in [0.15, 0.2) is 0 Å². The number of hydrogen-bond acceptors (Lipinski definition) is 3. The van der Waals surface area contributed by atoms with Crippen LogP contribution in [0.15, 0.2) is 30.5 Å². The molecular weight excluding hydrogens is 241 g/mol. The Labute approximate surface area is 104 Å². The summed E-state index contributed by atoms with van der Waals surface area (Å²) in [6.07, 6.45) is 1.71. The van der Waals surface area contributed by atoms with Crippen LogP contribution in [0.25, 0.3) is 0 Å². The van der Waals surface area contributed by atoms with Crippen LogP contribution in [0.3, 0.4) is 0 Å². The topological polar surface area (TPSA) is 37.8 Å². The fourth-order valence-corrected chi connectivity index (χ4v) is 1.58. The van der Waals surface area contributed by atoms with Crippen molar-refractivity contribution in [3.8, 4) is 0 Å². The van der Waals surface area contributed by atoms with Gasteiger partial charge in [-0.15, -0.1) is 0 Å². The SMILES string of the molecule is Cc1nccc(CNc2ccc(F)c(Cl)c2)n1. The van der Waals surface area contributed by atoms with Crippen LogP contribution in [0.4, 0.5) is 10.1 Å². The highest BCUT2D eigenvalue weighted by Gasteiger charge is 2.01. The van der Waals surface area contributed by atoms with Gasteiger partial charge in [0, 0.05) is 11.9 Å². The maximum absolute atomic E-state index is 12.9. The number of benzene rings is 1. The minimum atomic E-state index is -0.421. The molecule has 0 spiro atoms. The molecule has 0 aliphatic rings. The molecule has 0 bridgehead atoms. The maximum Gasteiger partial charge on any atom is 0.141 e. The lowest BCUT2D eigenvalue weighted by atomic mass is 10.3. The highest BCUT2D eigenvalue weighted by molar-refractivity contribution is 6.31. The molecule has 0 atom stereocenters. The molecule has 0 amide bonds. The Morgan fingerprint density at radius 1 is 1.35 bits per heavy atom. The number of aryl methyl sites for hydroxylation is 1. The summed E-state index contributed by atoms with van der Waals surface area (Å²) < 4.78 is 12.9. The zero-order chi connectivity index (χ0) is 12.3. The van der Waals surface area contributed by atoms with Gasteiger partial charge in [0.2, 0.25) is 0 Å². The van der Waals surface area contributed by atoms with Crippen molar-refractivity contribution >= 4 is 17.3 Å². The number of nitrogens with one attached hydrogen (secondary N) is 1. The van der Waals surface area contributed by atoms with Gasteiger partial charge in [-0.25, -0.2) is 14.4 Å². The van der Waals surface area contributed by atoms with Crippen LogP contribution in [-0.2, 0) is 6.54 Å². The second-order valence-corrected chi connectivity index (χ2v) is 3.98. The van der Waals surface area contributed by atoms with E-state index in [-0.39, 0.29) is 5.02 Å². The van der Waals surface area contributed by atoms with Gasteiger partial charge in [-0.1, -0.05) is 11.6 Å². The van der Waals surface area contributed by atoms with E-state index in [0.29, 0.717) is 6.54 Å². The van der Waals surface area contributed by atoms with Crippen LogP contribution in [-0.4, -0.2) is 9.97 Å². The third-order valence-corrected chi connectivity index (χ3v) is 2.52. The fraction of sp³-hybridized carbons (Fsp3) is 0.167. The summed E-state index contributed by atoms with van der Waals surface area (Å²) >= 11 is 5.68. The minimum Gasteiger partial charge on any atom is -0.379 e. The molecule has 0 radical (unpaired) electrons. The van der Waals surface area contributed by atoms with Crippen LogP contribution in [0, 0.1) is 12.7 Å². The van der Waals surface area contributed by atoms with Gasteiger partial charge in [-0.2, -0.15) is 0 Å². The molecule has 0 unspecified atom stereocenters. The molecule has 2 aromatic rings. The molecule has 17 heavy (non-hydrogen) atoms. The van der Waals surface area contributed by atoms with Gasteiger partial charge in [0.1, 0.15) is 11.6 Å². The Bertz CT molecular complexity index is 531. The van der Waals surface area contributed by atoms with Gasteiger partial charge in [0.05, 0.1) is 17.3 Å². The largest absolute Gasteiger partial charge is 0.379 e. The molecule has 1 heterocycles. The van der Waals surface area contributed by atoms with E-state index in [1.807, 2.05) is 13.0 Å². The van der Waals surface area contributed by atoms with Crippen LogP contribution in [0.5, 0.6) is 0 Å². The van der Waals surface area contributed by atoms with Crippen LogP contribution in [0.2, 0.25) is 5.02 Å². The Morgan fingerprint density at radius 3 is 2.88 bits per heavy atom. The smallest absolute Gasteiger partial charge is 0.141 e. The highest BCUT2D eigenvalue weighted by atomic mass is 35.5. The number of anilines is 1. The van der Waals surface area contributed by atoms with E-state index in [0.717, 1.165) is 17.2 Å². The van der Waals surface area contributed by atoms with Gasteiger partial charge in [0.25, 0.3) is 0 Å². The molecule has 0 aliphatic heterocycles. The van der Waals surface area contributed by atoms with E-state index in [1.54, 1.807) is 18.3 Å². The Kier molecular flexibility index (Phi) is 3.54. The Balaban J connectivity index is 2.05. The first kappa shape index (κ1) is 11.8. The molecule has 0 fully saturated rings. The summed E-state index contributed by atoms with van der Waals surface area (Å²) in [6.45, 7) is 2.38. The predicted molar refractivity (Wildman–Crippen MR) is 65.5 cm³/mol. The van der Waals surface area contributed by atoms with Crippen LogP contribution in [0.1, 0.15) is 11.5 Å². The first-order valence-electron chi connectivity index (χ1n) is 5.12. The van der Waals surface area contributed by atoms with Crippen molar-refractivity contribution in [3.05, 3.63) is 52.8 Å². The molecule has 5 heteroatoms. The van der Waals surface area contributed by atoms with Crippen LogP contribution >= 0.6 is 11.6 Å². The van der Waals surface area contributed by atoms with E-state index in [4.69, 9.17) is 11.6 Å². The molecule has 1 aromatic carbocycles. The second kappa shape index (κ2) is 5.10. The third kappa shape index (κ3) is 3.14. The summed E-state index contributed by atoms with van der Waals surface area (Å²) in [5.74, 6) is 0.302. The lowest BCUT2D eigenvalue weighted by Gasteiger charge is -2.06. The first-order chi connectivity index (χ1) is 8.15. The summed E-state index contributed by atoms with van der Waals surface area (Å²) in [4.78, 5) is 8.26. The van der Waals surface area contributed by atoms with E-state index >= 15 is 0 Å². The molecule has 0 saturated heterocycles. The lowest BCUT2D eigenvalue weighted by Crippen LogP contribution is -2.03. The standard InChI is InChI=1S/C12H11ClFN3/c1-8-15-5-4-10(17-8)7-16-9-2-3-12(14)11(13)6-9/h2-6,16H,7H2,1H3. The van der Waals surface area contributed by atoms with Crippen molar-refractivity contribution in [3.63, 3.8) is 0 Å². The zero-order valence-corrected chi connectivity index (χ0v) is 10.0. The van der Waals surface area contributed by atoms with Gasteiger partial charge < -0.3 is 5.32 Å². The lowest BCUT2D eigenvalue weighted by molar-refractivity contribution is 0.628. The van der Waals surface area contributed by atoms with Crippen molar-refractivity contribution < 1.29 is 4.39 Å². The molecule has 1 N–H and O–H groups in total. The average Bonchev–Trinajstić information content (AvgIpc) is 2.31. The number of aromatic nitrogens is 2. The molecule has 1 aromatic heterocycles. The van der Waals surface area contributed by atoms with E-state index in [1.165, 1.54) is 6.07 Å². The third-order valence-electron chi connectivity index (χ3n) is 2.23. The van der Waals surface area contributed by atoms with Crippen molar-refractivity contribution in [1.82, 2.24) is 9.97 Å². The van der Waals surface area contributed by atoms with Gasteiger partial charge >= 0.3 is 0 Å². The second-order valence-electron chi connectivity index (χ2n) is 3.58. The monoisotopic (exact) mass is 251 g/mol. The molecule has 3 nitrogen and oxygen atoms in total. The van der Waals surface area contributed by atoms with E-state index in [2.05, 4.69) is 15.3 Å². The predicted octanol–water partition coefficient (Wildman–Crippen LogP) is 3.19. The quantitative estimate of drug-likeness (QED) is 0.910. The maximum atomic E-state index is 12.9. The molecular formula is C12H11ClFN3. The molecule has 2 rings (SSSR count). The molecule has 88 valence electrons. The first-order valence-corrected chi connectivity index (χ1v) is 5.50. The van der Waals surface area contributed by atoms with E-state index in [9.17, 15) is 4.39 Å². The van der Waals surface area contributed by atoms with Crippen molar-refractivity contribution in [2.24, 2.45) is 0 Å². The van der Waals surface area contributed by atoms with Crippen molar-refractivity contribution in [1.29, 1.82) is 0 Å². The summed E-state index contributed by atoms with van der Waals surface area (Å²) in [5, 5.41) is 3.22. The zero-order valence-electron chi connectivity index (χ0n) is 9.24. The number of nitrogens with zero attached hydrogens (tertiary/aromatic N) is 2. The van der Waals surface area contributed by atoms with Crippen molar-refractivity contribution in [2.75, 3.05) is 5.32 Å². The van der Waals surface area contributed by atoms with Gasteiger partial charge in [-0.3, -0.25) is 0 Å². The summed E-state index contributed by atoms with van der Waals surface area (Å²) in [7, 11) is 0. The number of hydrogen-bond donors (Lipinski definition) is 1. The summed E-state index contributed by atoms with van der Waals surface area (Å²) in [5.41, 5.74) is 1.63. The highest BCUT2D eigenvalue weighted by Crippen LogP contribution is 2.19.